The summed E-state index contributed by atoms with van der Waals surface area (Å²) in [7, 11) is 0. The SMILES string of the molecule is c1ccc(-c2oc3cc4oc5ccc(-c6c7ccccc7c(-c7cccc8oc9c%10ccccc%10ccc9c78)c7ccccc67)cc5c4cc3c2-c2ccccc2)cc1. The van der Waals surface area contributed by atoms with Crippen molar-refractivity contribution in [1.82, 2.24) is 0 Å². The van der Waals surface area contributed by atoms with Gasteiger partial charge < -0.3 is 13.3 Å². The van der Waals surface area contributed by atoms with Crippen LogP contribution in [-0.2, 0) is 0 Å². The molecule has 0 atom stereocenters. The molecule has 13 rings (SSSR count). The molecule has 10 aromatic carbocycles. The summed E-state index contributed by atoms with van der Waals surface area (Å²) < 4.78 is 20.0. The van der Waals surface area contributed by atoms with Crippen molar-refractivity contribution in [3.63, 3.8) is 0 Å². The third-order valence-electron chi connectivity index (χ3n) is 12.3. The van der Waals surface area contributed by atoms with E-state index < -0.39 is 0 Å². The molecule has 13 aromatic rings. The number of fused-ring (bicyclic) bond motifs is 11. The third kappa shape index (κ3) is 4.70. The molecule has 0 spiro atoms. The maximum Gasteiger partial charge on any atom is 0.143 e. The fourth-order valence-corrected chi connectivity index (χ4v) is 9.70. The van der Waals surface area contributed by atoms with E-state index in [1.807, 2.05) is 6.07 Å². The summed E-state index contributed by atoms with van der Waals surface area (Å²) in [5.74, 6) is 0.856. The van der Waals surface area contributed by atoms with Gasteiger partial charge >= 0.3 is 0 Å². The highest BCUT2D eigenvalue weighted by atomic mass is 16.3. The van der Waals surface area contributed by atoms with Crippen LogP contribution in [0.3, 0.4) is 0 Å². The first-order chi connectivity index (χ1) is 29.3. The van der Waals surface area contributed by atoms with Gasteiger partial charge in [0.05, 0.1) is 0 Å². The predicted octanol–water partition coefficient (Wildman–Crippen LogP) is 16.4. The van der Waals surface area contributed by atoms with E-state index in [9.17, 15) is 0 Å². The molecule has 59 heavy (non-hydrogen) atoms. The number of benzene rings is 10. The Bertz CT molecular complexity index is 3770. The summed E-state index contributed by atoms with van der Waals surface area (Å²) in [5, 5.41) is 12.5. The third-order valence-corrected chi connectivity index (χ3v) is 12.3. The number of hydrogen-bond acceptors (Lipinski definition) is 3. The molecule has 0 saturated carbocycles. The van der Waals surface area contributed by atoms with Crippen LogP contribution in [0.2, 0.25) is 0 Å². The summed E-state index contributed by atoms with van der Waals surface area (Å²) in [6.07, 6.45) is 0. The van der Waals surface area contributed by atoms with E-state index in [-0.39, 0.29) is 0 Å². The summed E-state index contributed by atoms with van der Waals surface area (Å²) in [6, 6.07) is 68.9. The number of hydrogen-bond donors (Lipinski definition) is 0. The van der Waals surface area contributed by atoms with Crippen LogP contribution in [-0.4, -0.2) is 0 Å². The lowest BCUT2D eigenvalue weighted by atomic mass is 9.84. The largest absolute Gasteiger partial charge is 0.456 e. The molecule has 0 aliphatic rings. The van der Waals surface area contributed by atoms with Crippen molar-refractivity contribution < 1.29 is 13.3 Å². The van der Waals surface area contributed by atoms with Crippen molar-refractivity contribution >= 4 is 87.2 Å². The zero-order chi connectivity index (χ0) is 38.6. The molecule has 3 heterocycles. The Hall–Kier alpha value is -7.88. The van der Waals surface area contributed by atoms with Gasteiger partial charge in [-0.25, -0.2) is 0 Å². The standard InChI is InChI=1S/C56H32O3/c1-3-15-34(16-4-1)52-46-31-45-44-30-36(27-29-47(44)57-49(45)32-50(46)59-55(52)35-17-5-2-6-18-35)51-38-20-9-11-22-40(38)53(41-23-12-10-21-39(41)51)42-24-13-25-48-54(42)43-28-26-33-14-7-8-19-37(33)56(43)58-48/h1-32H. The zero-order valence-electron chi connectivity index (χ0n) is 31.7. The molecule has 0 bridgehead atoms. The van der Waals surface area contributed by atoms with Crippen LogP contribution in [0, 0.1) is 0 Å². The summed E-state index contributed by atoms with van der Waals surface area (Å²) in [6.45, 7) is 0. The van der Waals surface area contributed by atoms with Crippen LogP contribution in [0.25, 0.3) is 132 Å². The highest BCUT2D eigenvalue weighted by Crippen LogP contribution is 2.49. The topological polar surface area (TPSA) is 39.4 Å². The Kier molecular flexibility index (Phi) is 6.72. The van der Waals surface area contributed by atoms with Crippen LogP contribution in [0.4, 0.5) is 0 Å². The number of rotatable bonds is 4. The van der Waals surface area contributed by atoms with Gasteiger partial charge in [-0.15, -0.1) is 0 Å². The molecule has 3 heteroatoms. The first kappa shape index (κ1) is 32.2. The van der Waals surface area contributed by atoms with Gasteiger partial charge in [0, 0.05) is 49.5 Å². The minimum Gasteiger partial charge on any atom is -0.456 e. The summed E-state index contributed by atoms with van der Waals surface area (Å²) in [5.41, 5.74) is 12.2. The molecule has 0 N–H and O–H groups in total. The molecule has 0 aliphatic heterocycles. The minimum absolute atomic E-state index is 0.802. The van der Waals surface area contributed by atoms with E-state index in [4.69, 9.17) is 13.3 Å². The summed E-state index contributed by atoms with van der Waals surface area (Å²) in [4.78, 5) is 0. The van der Waals surface area contributed by atoms with Gasteiger partial charge in [0.25, 0.3) is 0 Å². The van der Waals surface area contributed by atoms with Crippen molar-refractivity contribution in [3.05, 3.63) is 194 Å². The molecule has 0 amide bonds. The highest BCUT2D eigenvalue weighted by Gasteiger charge is 2.23. The maximum absolute atomic E-state index is 6.68. The van der Waals surface area contributed by atoms with Gasteiger partial charge in [-0.05, 0) is 85.1 Å². The van der Waals surface area contributed by atoms with E-state index in [1.54, 1.807) is 0 Å². The lowest BCUT2D eigenvalue weighted by molar-refractivity contribution is 0.629. The molecule has 0 fully saturated rings. The van der Waals surface area contributed by atoms with Gasteiger partial charge in [-0.2, -0.15) is 0 Å². The molecule has 0 saturated heterocycles. The quantitative estimate of drug-likeness (QED) is 0.168. The van der Waals surface area contributed by atoms with Crippen LogP contribution in [0.15, 0.2) is 207 Å². The second-order valence-corrected chi connectivity index (χ2v) is 15.5. The van der Waals surface area contributed by atoms with Crippen molar-refractivity contribution in [2.45, 2.75) is 0 Å². The van der Waals surface area contributed by atoms with Crippen LogP contribution >= 0.6 is 0 Å². The van der Waals surface area contributed by atoms with Crippen molar-refractivity contribution in [1.29, 1.82) is 0 Å². The van der Waals surface area contributed by atoms with Crippen LogP contribution in [0.1, 0.15) is 0 Å². The second kappa shape index (κ2) is 12.3. The minimum atomic E-state index is 0.802. The molecular weight excluding hydrogens is 721 g/mol. The van der Waals surface area contributed by atoms with E-state index in [1.165, 1.54) is 43.6 Å². The van der Waals surface area contributed by atoms with Gasteiger partial charge in [-0.1, -0.05) is 158 Å². The lowest BCUT2D eigenvalue weighted by Gasteiger charge is -2.18. The Balaban J connectivity index is 1.06. The molecule has 3 aromatic heterocycles. The smallest absolute Gasteiger partial charge is 0.143 e. The maximum atomic E-state index is 6.68. The second-order valence-electron chi connectivity index (χ2n) is 15.5. The Labute approximate surface area is 337 Å². The first-order valence-electron chi connectivity index (χ1n) is 20.1. The molecule has 0 radical (unpaired) electrons. The van der Waals surface area contributed by atoms with E-state index in [0.717, 1.165) is 88.2 Å². The average Bonchev–Trinajstić information content (AvgIpc) is 3.99. The van der Waals surface area contributed by atoms with Gasteiger partial charge in [0.15, 0.2) is 0 Å². The zero-order valence-corrected chi connectivity index (χ0v) is 31.7. The Morgan fingerprint density at radius 1 is 0.271 bits per heavy atom. The van der Waals surface area contributed by atoms with Crippen LogP contribution in [0.5, 0.6) is 0 Å². The predicted molar refractivity (Wildman–Crippen MR) is 245 cm³/mol. The molecular formula is C56H32O3. The van der Waals surface area contributed by atoms with Gasteiger partial charge in [0.1, 0.15) is 33.7 Å². The van der Waals surface area contributed by atoms with Gasteiger partial charge in [0.2, 0.25) is 0 Å². The normalized spacial score (nSPS) is 12.1. The summed E-state index contributed by atoms with van der Waals surface area (Å²) >= 11 is 0. The molecule has 0 unspecified atom stereocenters. The Morgan fingerprint density at radius 2 is 0.898 bits per heavy atom. The monoisotopic (exact) mass is 752 g/mol. The van der Waals surface area contributed by atoms with E-state index >= 15 is 0 Å². The highest BCUT2D eigenvalue weighted by molar-refractivity contribution is 6.27. The van der Waals surface area contributed by atoms with E-state index in [2.05, 4.69) is 188 Å². The molecule has 0 aliphatic carbocycles. The van der Waals surface area contributed by atoms with Crippen molar-refractivity contribution in [2.24, 2.45) is 0 Å². The fraction of sp³-hybridized carbons (Fsp3) is 0. The molecule has 3 nitrogen and oxygen atoms in total. The first-order valence-corrected chi connectivity index (χ1v) is 20.1. The van der Waals surface area contributed by atoms with Crippen LogP contribution < -0.4 is 0 Å². The van der Waals surface area contributed by atoms with Gasteiger partial charge in [-0.3, -0.25) is 0 Å². The average molecular weight is 753 g/mol. The van der Waals surface area contributed by atoms with Crippen molar-refractivity contribution in [3.8, 4) is 44.7 Å². The van der Waals surface area contributed by atoms with E-state index in [0.29, 0.717) is 0 Å². The molecule has 274 valence electrons. The Morgan fingerprint density at radius 3 is 1.64 bits per heavy atom. The lowest BCUT2D eigenvalue weighted by Crippen LogP contribution is -1.91. The van der Waals surface area contributed by atoms with Crippen molar-refractivity contribution in [2.75, 3.05) is 0 Å². The fourth-order valence-electron chi connectivity index (χ4n) is 9.70. The number of furan rings is 3.